The highest BCUT2D eigenvalue weighted by Gasteiger charge is 2.31. The van der Waals surface area contributed by atoms with Gasteiger partial charge in [-0.15, -0.1) is 0 Å². The summed E-state index contributed by atoms with van der Waals surface area (Å²) < 4.78 is 12.6. The van der Waals surface area contributed by atoms with Crippen molar-refractivity contribution in [1.82, 2.24) is 14.7 Å². The molecule has 4 rings (SSSR count). The third-order valence-electron chi connectivity index (χ3n) is 5.07. The summed E-state index contributed by atoms with van der Waals surface area (Å²) in [4.78, 5) is 14.8. The molecule has 0 N–H and O–H groups in total. The molecule has 2 aromatic rings. The zero-order valence-electron chi connectivity index (χ0n) is 14.2. The van der Waals surface area contributed by atoms with Crippen LogP contribution < -0.4 is 9.47 Å². The van der Waals surface area contributed by atoms with E-state index in [1.54, 1.807) is 4.68 Å². The second-order valence-corrected chi connectivity index (χ2v) is 6.52. The number of nitrogens with zero attached hydrogens (tertiary/aromatic N) is 3. The number of carbonyl (C=O) groups is 1. The van der Waals surface area contributed by atoms with Crippen LogP contribution in [0.15, 0.2) is 18.2 Å². The highest BCUT2D eigenvalue weighted by atomic mass is 16.7. The van der Waals surface area contributed by atoms with Crippen LogP contribution >= 0.6 is 0 Å². The number of fused-ring (bicyclic) bond motifs is 1. The van der Waals surface area contributed by atoms with Crippen molar-refractivity contribution in [2.45, 2.75) is 26.2 Å². The average molecular weight is 327 g/mol. The van der Waals surface area contributed by atoms with Gasteiger partial charge < -0.3 is 14.4 Å². The Morgan fingerprint density at radius 3 is 2.79 bits per heavy atom. The summed E-state index contributed by atoms with van der Waals surface area (Å²) in [5, 5.41) is 4.36. The molecule has 0 aliphatic carbocycles. The molecule has 6 nitrogen and oxygen atoms in total. The maximum Gasteiger partial charge on any atom is 0.257 e. The number of amides is 1. The highest BCUT2D eigenvalue weighted by molar-refractivity contribution is 5.96. The van der Waals surface area contributed by atoms with Crippen LogP contribution in [0.1, 0.15) is 39.6 Å². The Hall–Kier alpha value is -2.50. The number of hydrogen-bond donors (Lipinski definition) is 0. The first-order valence-electron chi connectivity index (χ1n) is 8.23. The third kappa shape index (κ3) is 2.33. The molecule has 24 heavy (non-hydrogen) atoms. The van der Waals surface area contributed by atoms with Crippen molar-refractivity contribution in [2.24, 2.45) is 7.05 Å². The minimum Gasteiger partial charge on any atom is -0.454 e. The first kappa shape index (κ1) is 15.1. The molecule has 0 unspecified atom stereocenters. The second kappa shape index (κ2) is 5.54. The number of rotatable bonds is 2. The first-order valence-corrected chi connectivity index (χ1v) is 8.23. The lowest BCUT2D eigenvalue weighted by Gasteiger charge is -2.17. The molecule has 1 aromatic carbocycles. The summed E-state index contributed by atoms with van der Waals surface area (Å²) in [6.07, 6.45) is 0.962. The van der Waals surface area contributed by atoms with E-state index in [1.807, 2.05) is 37.9 Å². The van der Waals surface area contributed by atoms with E-state index < -0.39 is 0 Å². The summed E-state index contributed by atoms with van der Waals surface area (Å²) in [6.45, 7) is 5.62. The Bertz CT molecular complexity index is 812. The van der Waals surface area contributed by atoms with Gasteiger partial charge in [-0.2, -0.15) is 5.10 Å². The molecule has 1 aromatic heterocycles. The number of hydrogen-bond acceptors (Lipinski definition) is 4. The maximum atomic E-state index is 12.9. The van der Waals surface area contributed by atoms with Gasteiger partial charge >= 0.3 is 0 Å². The van der Waals surface area contributed by atoms with Crippen molar-refractivity contribution >= 4 is 5.91 Å². The lowest BCUT2D eigenvalue weighted by atomic mass is 9.98. The van der Waals surface area contributed by atoms with E-state index in [1.165, 1.54) is 5.56 Å². The summed E-state index contributed by atoms with van der Waals surface area (Å²) in [6, 6.07) is 6.08. The van der Waals surface area contributed by atoms with Crippen molar-refractivity contribution in [2.75, 3.05) is 19.9 Å². The molecule has 3 heterocycles. The van der Waals surface area contributed by atoms with Gasteiger partial charge in [-0.3, -0.25) is 9.48 Å². The van der Waals surface area contributed by atoms with Gasteiger partial charge in [0.15, 0.2) is 11.5 Å². The molecule has 1 amide bonds. The van der Waals surface area contributed by atoms with Crippen LogP contribution in [0.5, 0.6) is 11.5 Å². The Balaban J connectivity index is 1.53. The molecule has 6 heteroatoms. The van der Waals surface area contributed by atoms with Crippen molar-refractivity contribution in [1.29, 1.82) is 0 Å². The zero-order chi connectivity index (χ0) is 16.8. The zero-order valence-corrected chi connectivity index (χ0v) is 14.2. The molecule has 0 bridgehead atoms. The summed E-state index contributed by atoms with van der Waals surface area (Å²) in [5.74, 6) is 2.02. The largest absolute Gasteiger partial charge is 0.454 e. The Morgan fingerprint density at radius 2 is 2.04 bits per heavy atom. The quantitative estimate of drug-likeness (QED) is 0.850. The van der Waals surface area contributed by atoms with E-state index in [2.05, 4.69) is 11.2 Å². The molecular formula is C18H21N3O3. The van der Waals surface area contributed by atoms with Crippen LogP contribution in [-0.2, 0) is 7.05 Å². The fourth-order valence-corrected chi connectivity index (χ4v) is 3.63. The molecule has 0 radical (unpaired) electrons. The summed E-state index contributed by atoms with van der Waals surface area (Å²) >= 11 is 0. The first-order chi connectivity index (χ1) is 11.5. The molecule has 0 saturated carbocycles. The van der Waals surface area contributed by atoms with Crippen LogP contribution in [0.2, 0.25) is 0 Å². The minimum absolute atomic E-state index is 0.0846. The number of benzene rings is 1. The van der Waals surface area contributed by atoms with Crippen LogP contribution in [0.4, 0.5) is 0 Å². The molecule has 2 aliphatic heterocycles. The van der Waals surface area contributed by atoms with Gasteiger partial charge in [-0.25, -0.2) is 0 Å². The van der Waals surface area contributed by atoms with Crippen LogP contribution in [0.3, 0.4) is 0 Å². The molecule has 1 fully saturated rings. The molecule has 1 saturated heterocycles. The topological polar surface area (TPSA) is 56.6 Å². The predicted molar refractivity (Wildman–Crippen MR) is 88.5 cm³/mol. The Labute approximate surface area is 141 Å². The monoisotopic (exact) mass is 327 g/mol. The maximum absolute atomic E-state index is 12.9. The highest BCUT2D eigenvalue weighted by Crippen LogP contribution is 2.37. The van der Waals surface area contributed by atoms with Crippen molar-refractivity contribution < 1.29 is 14.3 Å². The van der Waals surface area contributed by atoms with E-state index >= 15 is 0 Å². The Kier molecular flexibility index (Phi) is 3.48. The standard InChI is InChI=1S/C18H21N3O3/c1-11-17(12(2)20(3)19-11)18(22)21-7-6-14(9-21)13-4-5-15-16(8-13)24-10-23-15/h4-5,8,14H,6-7,9-10H2,1-3H3/t14-/m1/s1. The second-order valence-electron chi connectivity index (χ2n) is 6.52. The lowest BCUT2D eigenvalue weighted by molar-refractivity contribution is 0.0789. The smallest absolute Gasteiger partial charge is 0.257 e. The molecular weight excluding hydrogens is 306 g/mol. The van der Waals surface area contributed by atoms with Crippen molar-refractivity contribution in [3.8, 4) is 11.5 Å². The number of carbonyl (C=O) groups excluding carboxylic acids is 1. The van der Waals surface area contributed by atoms with Gasteiger partial charge in [0.2, 0.25) is 6.79 Å². The fourth-order valence-electron chi connectivity index (χ4n) is 3.63. The number of aromatic nitrogens is 2. The van der Waals surface area contributed by atoms with Gasteiger partial charge in [-0.05, 0) is 38.0 Å². The summed E-state index contributed by atoms with van der Waals surface area (Å²) in [7, 11) is 1.87. The van der Waals surface area contributed by atoms with Gasteiger partial charge in [0, 0.05) is 31.7 Å². The van der Waals surface area contributed by atoms with Crippen LogP contribution in [0, 0.1) is 13.8 Å². The van der Waals surface area contributed by atoms with Gasteiger partial charge in [0.25, 0.3) is 5.91 Å². The minimum atomic E-state index is 0.0846. The van der Waals surface area contributed by atoms with E-state index in [-0.39, 0.29) is 12.7 Å². The van der Waals surface area contributed by atoms with Crippen molar-refractivity contribution in [3.63, 3.8) is 0 Å². The van der Waals surface area contributed by atoms with Crippen molar-refractivity contribution in [3.05, 3.63) is 40.7 Å². The molecule has 2 aliphatic rings. The number of aryl methyl sites for hydroxylation is 2. The number of likely N-dealkylation sites (tertiary alicyclic amines) is 1. The Morgan fingerprint density at radius 1 is 1.25 bits per heavy atom. The van der Waals surface area contributed by atoms with Gasteiger partial charge in [0.1, 0.15) is 0 Å². The fraction of sp³-hybridized carbons (Fsp3) is 0.444. The van der Waals surface area contributed by atoms with Gasteiger partial charge in [-0.1, -0.05) is 6.07 Å². The van der Waals surface area contributed by atoms with Crippen LogP contribution in [-0.4, -0.2) is 40.5 Å². The van der Waals surface area contributed by atoms with E-state index in [9.17, 15) is 4.79 Å². The van der Waals surface area contributed by atoms with E-state index in [4.69, 9.17) is 9.47 Å². The van der Waals surface area contributed by atoms with E-state index in [0.717, 1.165) is 48.0 Å². The third-order valence-corrected chi connectivity index (χ3v) is 5.07. The molecule has 1 atom stereocenters. The SMILES string of the molecule is Cc1nn(C)c(C)c1C(=O)N1CC[C@@H](c2ccc3c(c2)OCO3)C1. The van der Waals surface area contributed by atoms with Gasteiger partial charge in [0.05, 0.1) is 11.3 Å². The summed E-state index contributed by atoms with van der Waals surface area (Å²) in [5.41, 5.74) is 3.66. The average Bonchev–Trinajstić information content (AvgIpc) is 3.27. The van der Waals surface area contributed by atoms with E-state index in [0.29, 0.717) is 5.92 Å². The molecule has 126 valence electrons. The molecule has 0 spiro atoms. The van der Waals surface area contributed by atoms with Crippen LogP contribution in [0.25, 0.3) is 0 Å². The lowest BCUT2D eigenvalue weighted by Crippen LogP contribution is -2.29. The number of ether oxygens (including phenoxy) is 2. The predicted octanol–water partition coefficient (Wildman–Crippen LogP) is 2.40. The normalized spacial score (nSPS) is 19.1.